The number of hydrogen-bond acceptors (Lipinski definition) is 3. The van der Waals surface area contributed by atoms with E-state index in [1.54, 1.807) is 0 Å². The third-order valence-corrected chi connectivity index (χ3v) is 4.53. The molecule has 1 unspecified atom stereocenters. The molecule has 1 atom stereocenters. The molecule has 1 aromatic heterocycles. The molecular weight excluding hydrogens is 375 g/mol. The topological polar surface area (TPSA) is 28.4 Å². The largest absolute Gasteiger partial charge is 0.454 e. The van der Waals surface area contributed by atoms with Crippen LogP contribution in [0.2, 0.25) is 0 Å². The summed E-state index contributed by atoms with van der Waals surface area (Å²) in [5.41, 5.74) is 1.40. The van der Waals surface area contributed by atoms with E-state index in [0.717, 1.165) is 29.2 Å². The number of nitrogens with zero attached hydrogens (tertiary/aromatic N) is 1. The molecule has 0 aliphatic carbocycles. The summed E-state index contributed by atoms with van der Waals surface area (Å²) in [6.45, 7) is 4.20. The van der Waals surface area contributed by atoms with Crippen LogP contribution in [0.25, 0.3) is 0 Å². The summed E-state index contributed by atoms with van der Waals surface area (Å²) in [6.07, 6.45) is 2.52. The number of nitrogens with one attached hydrogen (secondary N) is 1. The second-order valence-electron chi connectivity index (χ2n) is 5.65. The van der Waals surface area contributed by atoms with E-state index in [9.17, 15) is 0 Å². The Morgan fingerprint density at radius 1 is 1.19 bits per heavy atom. The molecule has 3 rings (SSSR count). The normalized spacial score (nSPS) is 19.8. The van der Waals surface area contributed by atoms with Crippen LogP contribution in [-0.4, -0.2) is 24.0 Å². The number of likely N-dealkylation sites (tertiary alicyclic amines) is 1. The van der Waals surface area contributed by atoms with E-state index >= 15 is 0 Å². The van der Waals surface area contributed by atoms with Gasteiger partial charge in [-0.3, -0.25) is 4.90 Å². The van der Waals surface area contributed by atoms with Crippen LogP contribution < -0.4 is 5.32 Å². The number of hydrogen-bond donors (Lipinski definition) is 1. The molecule has 21 heavy (non-hydrogen) atoms. The Bertz CT molecular complexity index is 555. The van der Waals surface area contributed by atoms with Gasteiger partial charge in [-0.1, -0.05) is 30.3 Å². The number of piperidine rings is 1. The summed E-state index contributed by atoms with van der Waals surface area (Å²) in [5, 5.41) is 3.63. The van der Waals surface area contributed by atoms with Crippen LogP contribution in [-0.2, 0) is 13.1 Å². The van der Waals surface area contributed by atoms with Gasteiger partial charge in [-0.25, -0.2) is 0 Å². The van der Waals surface area contributed by atoms with Crippen molar-refractivity contribution in [2.45, 2.75) is 32.0 Å². The summed E-state index contributed by atoms with van der Waals surface area (Å²) in [7, 11) is 0. The van der Waals surface area contributed by atoms with Crippen molar-refractivity contribution in [2.24, 2.45) is 0 Å². The van der Waals surface area contributed by atoms with Gasteiger partial charge < -0.3 is 9.73 Å². The number of halogens is 1. The minimum atomic E-state index is 0.560. The molecule has 0 bridgehead atoms. The molecule has 1 aromatic carbocycles. The SMILES string of the molecule is Ic1ccc(CNC2CCCN(Cc3ccccc3)C2)o1. The van der Waals surface area contributed by atoms with Gasteiger partial charge >= 0.3 is 0 Å². The molecule has 0 saturated carbocycles. The van der Waals surface area contributed by atoms with E-state index in [-0.39, 0.29) is 0 Å². The highest BCUT2D eigenvalue weighted by Crippen LogP contribution is 2.15. The quantitative estimate of drug-likeness (QED) is 0.783. The molecular formula is C17H21IN2O. The minimum absolute atomic E-state index is 0.560. The van der Waals surface area contributed by atoms with Crippen LogP contribution in [0.1, 0.15) is 24.2 Å². The maximum atomic E-state index is 5.61. The fraction of sp³-hybridized carbons (Fsp3) is 0.412. The summed E-state index contributed by atoms with van der Waals surface area (Å²) in [6, 6.07) is 15.4. The van der Waals surface area contributed by atoms with Crippen molar-refractivity contribution < 1.29 is 4.42 Å². The van der Waals surface area contributed by atoms with Gasteiger partial charge in [0.15, 0.2) is 3.77 Å². The Morgan fingerprint density at radius 3 is 2.81 bits per heavy atom. The van der Waals surface area contributed by atoms with Crippen LogP contribution in [0.15, 0.2) is 46.9 Å². The van der Waals surface area contributed by atoms with Gasteiger partial charge in [0.2, 0.25) is 0 Å². The lowest BCUT2D eigenvalue weighted by Crippen LogP contribution is -2.44. The third kappa shape index (κ3) is 4.56. The molecule has 2 aromatic rings. The van der Waals surface area contributed by atoms with Crippen LogP contribution in [0, 0.1) is 3.77 Å². The molecule has 0 amide bonds. The van der Waals surface area contributed by atoms with E-state index in [2.05, 4.69) is 69.2 Å². The lowest BCUT2D eigenvalue weighted by molar-refractivity contribution is 0.181. The van der Waals surface area contributed by atoms with Gasteiger partial charge in [0.25, 0.3) is 0 Å². The first-order chi connectivity index (χ1) is 10.3. The molecule has 1 fully saturated rings. The van der Waals surface area contributed by atoms with E-state index < -0.39 is 0 Å². The van der Waals surface area contributed by atoms with Crippen LogP contribution >= 0.6 is 22.6 Å². The summed E-state index contributed by atoms with van der Waals surface area (Å²) in [4.78, 5) is 2.54. The van der Waals surface area contributed by atoms with Gasteiger partial charge in [0.1, 0.15) is 5.76 Å². The standard InChI is InChI=1S/C17H21IN2O/c18-17-9-8-16(21-17)11-19-15-7-4-10-20(13-15)12-14-5-2-1-3-6-14/h1-3,5-6,8-9,15,19H,4,7,10-13H2. The van der Waals surface area contributed by atoms with E-state index in [1.807, 2.05) is 6.07 Å². The first-order valence-electron chi connectivity index (χ1n) is 7.53. The van der Waals surface area contributed by atoms with Crippen molar-refractivity contribution in [3.05, 3.63) is 57.6 Å². The monoisotopic (exact) mass is 396 g/mol. The summed E-state index contributed by atoms with van der Waals surface area (Å²) in [5.74, 6) is 1.03. The average molecular weight is 396 g/mol. The van der Waals surface area contributed by atoms with Crippen molar-refractivity contribution in [3.8, 4) is 0 Å². The molecule has 1 aliphatic rings. The Hall–Kier alpha value is -0.850. The maximum absolute atomic E-state index is 5.61. The molecule has 3 nitrogen and oxygen atoms in total. The fourth-order valence-electron chi connectivity index (χ4n) is 2.90. The molecule has 0 spiro atoms. The lowest BCUT2D eigenvalue weighted by atomic mass is 10.0. The van der Waals surface area contributed by atoms with Crippen molar-refractivity contribution in [1.29, 1.82) is 0 Å². The lowest BCUT2D eigenvalue weighted by Gasteiger charge is -2.33. The smallest absolute Gasteiger partial charge is 0.164 e. The molecule has 4 heteroatoms. The zero-order chi connectivity index (χ0) is 14.5. The first kappa shape index (κ1) is 15.1. The second-order valence-corrected chi connectivity index (χ2v) is 6.71. The fourth-order valence-corrected chi connectivity index (χ4v) is 3.36. The Morgan fingerprint density at radius 2 is 2.05 bits per heavy atom. The highest BCUT2D eigenvalue weighted by atomic mass is 127. The van der Waals surface area contributed by atoms with Crippen molar-refractivity contribution >= 4 is 22.6 Å². The van der Waals surface area contributed by atoms with E-state index in [1.165, 1.54) is 24.9 Å². The van der Waals surface area contributed by atoms with Crippen molar-refractivity contribution in [3.63, 3.8) is 0 Å². The van der Waals surface area contributed by atoms with E-state index in [4.69, 9.17) is 4.42 Å². The Balaban J connectivity index is 1.49. The summed E-state index contributed by atoms with van der Waals surface area (Å²) >= 11 is 2.21. The Labute approximate surface area is 139 Å². The van der Waals surface area contributed by atoms with Crippen LogP contribution in [0.4, 0.5) is 0 Å². The van der Waals surface area contributed by atoms with Crippen molar-refractivity contribution in [2.75, 3.05) is 13.1 Å². The molecule has 0 radical (unpaired) electrons. The first-order valence-corrected chi connectivity index (χ1v) is 8.61. The predicted octanol–water partition coefficient (Wildman–Crippen LogP) is 3.64. The molecule has 1 saturated heterocycles. The molecule has 1 N–H and O–H groups in total. The average Bonchev–Trinajstić information content (AvgIpc) is 2.92. The number of rotatable bonds is 5. The minimum Gasteiger partial charge on any atom is -0.454 e. The zero-order valence-corrected chi connectivity index (χ0v) is 14.3. The van der Waals surface area contributed by atoms with Gasteiger partial charge in [-0.2, -0.15) is 0 Å². The highest BCUT2D eigenvalue weighted by Gasteiger charge is 2.19. The molecule has 1 aliphatic heterocycles. The summed E-state index contributed by atoms with van der Waals surface area (Å²) < 4.78 is 6.56. The van der Waals surface area contributed by atoms with E-state index in [0.29, 0.717) is 6.04 Å². The maximum Gasteiger partial charge on any atom is 0.164 e. The van der Waals surface area contributed by atoms with Gasteiger partial charge in [-0.15, -0.1) is 0 Å². The highest BCUT2D eigenvalue weighted by molar-refractivity contribution is 14.1. The molecule has 2 heterocycles. The molecule has 112 valence electrons. The zero-order valence-electron chi connectivity index (χ0n) is 12.1. The van der Waals surface area contributed by atoms with Crippen LogP contribution in [0.5, 0.6) is 0 Å². The van der Waals surface area contributed by atoms with Gasteiger partial charge in [0.05, 0.1) is 6.54 Å². The van der Waals surface area contributed by atoms with Gasteiger partial charge in [-0.05, 0) is 59.7 Å². The predicted molar refractivity (Wildman–Crippen MR) is 93.0 cm³/mol. The van der Waals surface area contributed by atoms with Crippen molar-refractivity contribution in [1.82, 2.24) is 10.2 Å². The second kappa shape index (κ2) is 7.42. The third-order valence-electron chi connectivity index (χ3n) is 3.95. The Kier molecular flexibility index (Phi) is 5.32. The number of furan rings is 1. The number of benzene rings is 1. The van der Waals surface area contributed by atoms with Crippen LogP contribution in [0.3, 0.4) is 0 Å². The van der Waals surface area contributed by atoms with Gasteiger partial charge in [0, 0.05) is 19.1 Å².